The fourth-order valence-electron chi connectivity index (χ4n) is 3.58. The molecule has 2 aliphatic rings. The molecule has 0 atom stereocenters. The minimum atomic E-state index is 0.881. The van der Waals surface area contributed by atoms with Crippen LogP contribution in [0.3, 0.4) is 0 Å². The number of anilines is 1. The zero-order valence-corrected chi connectivity index (χ0v) is 13.9. The summed E-state index contributed by atoms with van der Waals surface area (Å²) < 4.78 is 0. The van der Waals surface area contributed by atoms with E-state index in [-0.39, 0.29) is 0 Å². The van der Waals surface area contributed by atoms with E-state index in [0.29, 0.717) is 0 Å². The molecule has 2 aliphatic heterocycles. The summed E-state index contributed by atoms with van der Waals surface area (Å²) in [6.45, 7) is 7.52. The number of hydrogen-bond donors (Lipinski definition) is 0. The van der Waals surface area contributed by atoms with Crippen molar-refractivity contribution < 1.29 is 0 Å². The fraction of sp³-hybridized carbons (Fsp3) is 0.556. The monoisotopic (exact) mass is 311 g/mol. The molecule has 0 bridgehead atoms. The largest absolute Gasteiger partial charge is 0.353 e. The van der Waals surface area contributed by atoms with Crippen molar-refractivity contribution in [1.29, 1.82) is 0 Å². The molecule has 4 rings (SSSR count). The van der Waals surface area contributed by atoms with E-state index >= 15 is 0 Å². The molecule has 2 fully saturated rings. The van der Waals surface area contributed by atoms with E-state index in [0.717, 1.165) is 49.9 Å². The molecule has 23 heavy (non-hydrogen) atoms. The maximum absolute atomic E-state index is 4.97. The third-order valence-electron chi connectivity index (χ3n) is 5.00. The molecule has 0 amide bonds. The standard InChI is InChI=1S/C18H25N5/c1-21-10-12-23(13-11-21)18-15-6-2-3-7-16(15)19-17(20-18)14-22-8-4-5-9-22/h2-3,6-7H,4-5,8-14H2,1H3. The van der Waals surface area contributed by atoms with Gasteiger partial charge in [-0.3, -0.25) is 4.90 Å². The maximum Gasteiger partial charge on any atom is 0.145 e. The van der Waals surface area contributed by atoms with E-state index in [4.69, 9.17) is 9.97 Å². The van der Waals surface area contributed by atoms with Gasteiger partial charge >= 0.3 is 0 Å². The third kappa shape index (κ3) is 3.16. The van der Waals surface area contributed by atoms with Crippen molar-refractivity contribution in [2.45, 2.75) is 19.4 Å². The average Bonchev–Trinajstić information content (AvgIpc) is 3.08. The van der Waals surface area contributed by atoms with Crippen LogP contribution in [0, 0.1) is 0 Å². The van der Waals surface area contributed by atoms with Gasteiger partial charge in [-0.15, -0.1) is 0 Å². The highest BCUT2D eigenvalue weighted by Gasteiger charge is 2.20. The van der Waals surface area contributed by atoms with Crippen LogP contribution < -0.4 is 4.90 Å². The zero-order chi connectivity index (χ0) is 15.6. The van der Waals surface area contributed by atoms with Crippen LogP contribution in [0.25, 0.3) is 10.9 Å². The Hall–Kier alpha value is -1.72. The van der Waals surface area contributed by atoms with Crippen LogP contribution in [0.4, 0.5) is 5.82 Å². The highest BCUT2D eigenvalue weighted by molar-refractivity contribution is 5.89. The molecule has 0 aliphatic carbocycles. The number of rotatable bonds is 3. The van der Waals surface area contributed by atoms with E-state index in [1.165, 1.54) is 31.3 Å². The van der Waals surface area contributed by atoms with Gasteiger partial charge in [0.15, 0.2) is 0 Å². The van der Waals surface area contributed by atoms with E-state index < -0.39 is 0 Å². The van der Waals surface area contributed by atoms with Crippen molar-refractivity contribution in [3.8, 4) is 0 Å². The Balaban J connectivity index is 1.68. The van der Waals surface area contributed by atoms with Crippen LogP contribution in [-0.2, 0) is 6.54 Å². The van der Waals surface area contributed by atoms with Gasteiger partial charge in [0.05, 0.1) is 12.1 Å². The normalized spacial score (nSPS) is 20.5. The summed E-state index contributed by atoms with van der Waals surface area (Å²) in [6.07, 6.45) is 2.61. The lowest BCUT2D eigenvalue weighted by Crippen LogP contribution is -2.45. The second-order valence-corrected chi connectivity index (χ2v) is 6.75. The predicted octanol–water partition coefficient (Wildman–Crippen LogP) is 1.98. The molecule has 2 aromatic rings. The van der Waals surface area contributed by atoms with Gasteiger partial charge in [-0.05, 0) is 45.1 Å². The summed E-state index contributed by atoms with van der Waals surface area (Å²) >= 11 is 0. The van der Waals surface area contributed by atoms with Crippen molar-refractivity contribution in [2.24, 2.45) is 0 Å². The Morgan fingerprint density at radius 3 is 2.43 bits per heavy atom. The van der Waals surface area contributed by atoms with Crippen LogP contribution in [0.15, 0.2) is 24.3 Å². The SMILES string of the molecule is CN1CCN(c2nc(CN3CCCC3)nc3ccccc23)CC1. The summed E-state index contributed by atoms with van der Waals surface area (Å²) in [7, 11) is 2.19. The lowest BCUT2D eigenvalue weighted by Gasteiger charge is -2.34. The fourth-order valence-corrected chi connectivity index (χ4v) is 3.58. The average molecular weight is 311 g/mol. The molecule has 1 aromatic carbocycles. The molecule has 5 nitrogen and oxygen atoms in total. The van der Waals surface area contributed by atoms with Crippen LogP contribution in [0.1, 0.15) is 18.7 Å². The molecule has 3 heterocycles. The van der Waals surface area contributed by atoms with Gasteiger partial charge in [-0.2, -0.15) is 0 Å². The summed E-state index contributed by atoms with van der Waals surface area (Å²) in [5, 5.41) is 1.18. The molecule has 0 unspecified atom stereocenters. The van der Waals surface area contributed by atoms with Crippen molar-refractivity contribution in [2.75, 3.05) is 51.2 Å². The molecule has 0 radical (unpaired) electrons. The van der Waals surface area contributed by atoms with E-state index in [1.54, 1.807) is 0 Å². The van der Waals surface area contributed by atoms with Gasteiger partial charge in [-0.25, -0.2) is 9.97 Å². The second kappa shape index (κ2) is 6.42. The van der Waals surface area contributed by atoms with E-state index in [1.807, 2.05) is 0 Å². The van der Waals surface area contributed by atoms with Gasteiger partial charge in [0, 0.05) is 31.6 Å². The number of hydrogen-bond acceptors (Lipinski definition) is 5. The molecular weight excluding hydrogens is 286 g/mol. The third-order valence-corrected chi connectivity index (χ3v) is 5.00. The smallest absolute Gasteiger partial charge is 0.145 e. The first kappa shape index (κ1) is 14.8. The Labute approximate surface area is 137 Å². The quantitative estimate of drug-likeness (QED) is 0.866. The summed E-state index contributed by atoms with van der Waals surface area (Å²) in [4.78, 5) is 17.1. The van der Waals surface area contributed by atoms with Crippen LogP contribution in [-0.4, -0.2) is 66.1 Å². The van der Waals surface area contributed by atoms with Crippen LogP contribution in [0.2, 0.25) is 0 Å². The molecule has 5 heteroatoms. The molecular formula is C18H25N5. The Bertz CT molecular complexity index is 672. The van der Waals surface area contributed by atoms with Gasteiger partial charge < -0.3 is 9.80 Å². The minimum absolute atomic E-state index is 0.881. The molecule has 122 valence electrons. The lowest BCUT2D eigenvalue weighted by molar-refractivity contribution is 0.310. The van der Waals surface area contributed by atoms with Gasteiger partial charge in [0.25, 0.3) is 0 Å². The number of likely N-dealkylation sites (tertiary alicyclic amines) is 1. The molecule has 0 N–H and O–H groups in total. The summed E-state index contributed by atoms with van der Waals surface area (Å²) in [5.74, 6) is 2.09. The number of likely N-dealkylation sites (N-methyl/N-ethyl adjacent to an activating group) is 1. The van der Waals surface area contributed by atoms with Gasteiger partial charge in [-0.1, -0.05) is 12.1 Å². The Kier molecular flexibility index (Phi) is 4.14. The lowest BCUT2D eigenvalue weighted by atomic mass is 10.2. The first-order chi connectivity index (χ1) is 11.3. The molecule has 1 aromatic heterocycles. The maximum atomic E-state index is 4.97. The topological polar surface area (TPSA) is 35.5 Å². The van der Waals surface area contributed by atoms with Crippen molar-refractivity contribution >= 4 is 16.7 Å². The first-order valence-corrected chi connectivity index (χ1v) is 8.71. The van der Waals surface area contributed by atoms with Crippen LogP contribution >= 0.6 is 0 Å². The van der Waals surface area contributed by atoms with Gasteiger partial charge in [0.1, 0.15) is 11.6 Å². The number of fused-ring (bicyclic) bond motifs is 1. The zero-order valence-electron chi connectivity index (χ0n) is 13.9. The highest BCUT2D eigenvalue weighted by atomic mass is 15.3. The highest BCUT2D eigenvalue weighted by Crippen LogP contribution is 2.25. The summed E-state index contributed by atoms with van der Waals surface area (Å²) in [5.41, 5.74) is 1.07. The van der Waals surface area contributed by atoms with Crippen molar-refractivity contribution in [1.82, 2.24) is 19.8 Å². The van der Waals surface area contributed by atoms with Crippen molar-refractivity contribution in [3.63, 3.8) is 0 Å². The van der Waals surface area contributed by atoms with Crippen LogP contribution in [0.5, 0.6) is 0 Å². The van der Waals surface area contributed by atoms with E-state index in [9.17, 15) is 0 Å². The number of para-hydroxylation sites is 1. The second-order valence-electron chi connectivity index (χ2n) is 6.75. The van der Waals surface area contributed by atoms with Gasteiger partial charge in [0.2, 0.25) is 0 Å². The van der Waals surface area contributed by atoms with E-state index in [2.05, 4.69) is 46.0 Å². The molecule has 0 saturated carbocycles. The molecule has 0 spiro atoms. The molecule has 2 saturated heterocycles. The summed E-state index contributed by atoms with van der Waals surface area (Å²) in [6, 6.07) is 8.43. The van der Waals surface area contributed by atoms with Crippen molar-refractivity contribution in [3.05, 3.63) is 30.1 Å². The first-order valence-electron chi connectivity index (χ1n) is 8.71. The number of aromatic nitrogens is 2. The number of nitrogens with zero attached hydrogens (tertiary/aromatic N) is 5. The Morgan fingerprint density at radius 1 is 0.913 bits per heavy atom. The predicted molar refractivity (Wildman–Crippen MR) is 93.8 cm³/mol. The number of piperazine rings is 1. The Morgan fingerprint density at radius 2 is 1.65 bits per heavy atom. The number of benzene rings is 1. The minimum Gasteiger partial charge on any atom is -0.353 e.